The molecule has 2 unspecified atom stereocenters. The molecule has 2 atom stereocenters. The minimum Gasteiger partial charge on any atom is -0.379 e. The molecular weight excluding hydrogens is 253 g/mol. The summed E-state index contributed by atoms with van der Waals surface area (Å²) in [6.07, 6.45) is 1.20. The Morgan fingerprint density at radius 1 is 1.40 bits per heavy atom. The number of aryl methyl sites for hydroxylation is 1. The first-order valence-corrected chi connectivity index (χ1v) is 7.45. The van der Waals surface area contributed by atoms with Gasteiger partial charge in [-0.25, -0.2) is 4.39 Å². The largest absolute Gasteiger partial charge is 0.379 e. The van der Waals surface area contributed by atoms with E-state index in [0.717, 1.165) is 18.6 Å². The van der Waals surface area contributed by atoms with Gasteiger partial charge in [-0.05, 0) is 37.0 Å². The van der Waals surface area contributed by atoms with Crippen LogP contribution in [0.2, 0.25) is 0 Å². The molecule has 112 valence electrons. The van der Waals surface area contributed by atoms with E-state index in [4.69, 9.17) is 4.74 Å². The van der Waals surface area contributed by atoms with Gasteiger partial charge in [0.2, 0.25) is 0 Å². The first kappa shape index (κ1) is 15.3. The summed E-state index contributed by atoms with van der Waals surface area (Å²) in [7, 11) is 0. The first-order valence-electron chi connectivity index (χ1n) is 7.45. The third-order valence-corrected chi connectivity index (χ3v) is 4.26. The van der Waals surface area contributed by atoms with Crippen molar-refractivity contribution in [3.05, 3.63) is 29.6 Å². The molecule has 0 aromatic heterocycles. The second-order valence-corrected chi connectivity index (χ2v) is 6.95. The second kappa shape index (κ2) is 5.72. The van der Waals surface area contributed by atoms with E-state index in [2.05, 4.69) is 33.0 Å². The van der Waals surface area contributed by atoms with Crippen LogP contribution in [0.25, 0.3) is 0 Å². The monoisotopic (exact) mass is 279 g/mol. The lowest BCUT2D eigenvalue weighted by Gasteiger charge is -2.52. The molecule has 0 radical (unpaired) electrons. The normalized spacial score (nSPS) is 24.6. The van der Waals surface area contributed by atoms with E-state index in [1.165, 1.54) is 0 Å². The summed E-state index contributed by atoms with van der Waals surface area (Å²) >= 11 is 0. The molecule has 0 amide bonds. The molecule has 0 spiro atoms. The van der Waals surface area contributed by atoms with E-state index in [0.29, 0.717) is 11.6 Å². The Balaban J connectivity index is 1.95. The predicted molar refractivity (Wildman–Crippen MR) is 81.5 cm³/mol. The van der Waals surface area contributed by atoms with Gasteiger partial charge >= 0.3 is 0 Å². The van der Waals surface area contributed by atoms with E-state index >= 15 is 0 Å². The topological polar surface area (TPSA) is 21.3 Å². The van der Waals surface area contributed by atoms with Crippen LogP contribution in [0.1, 0.15) is 39.7 Å². The summed E-state index contributed by atoms with van der Waals surface area (Å²) in [4.78, 5) is 0. The van der Waals surface area contributed by atoms with E-state index in [1.54, 1.807) is 6.07 Å². The molecular formula is C17H26FNO. The number of nitrogens with one attached hydrogen (secondary N) is 1. The molecule has 1 fully saturated rings. The smallest absolute Gasteiger partial charge is 0.146 e. The van der Waals surface area contributed by atoms with Crippen molar-refractivity contribution in [2.24, 2.45) is 11.3 Å². The van der Waals surface area contributed by atoms with Crippen molar-refractivity contribution < 1.29 is 9.13 Å². The molecule has 1 N–H and O–H groups in total. The minimum atomic E-state index is -0.174. The molecule has 1 aromatic rings. The van der Waals surface area contributed by atoms with Crippen LogP contribution in [0.15, 0.2) is 18.2 Å². The Bertz CT molecular complexity index is 470. The zero-order chi connectivity index (χ0) is 14.9. The van der Waals surface area contributed by atoms with Crippen molar-refractivity contribution in [3.63, 3.8) is 0 Å². The molecule has 1 aromatic carbocycles. The van der Waals surface area contributed by atoms with Crippen molar-refractivity contribution in [3.8, 4) is 0 Å². The Morgan fingerprint density at radius 2 is 2.10 bits per heavy atom. The van der Waals surface area contributed by atoms with E-state index in [9.17, 15) is 4.39 Å². The highest BCUT2D eigenvalue weighted by molar-refractivity contribution is 5.48. The molecule has 2 nitrogen and oxygen atoms in total. The summed E-state index contributed by atoms with van der Waals surface area (Å²) in [6, 6.07) is 5.59. The lowest BCUT2D eigenvalue weighted by Crippen LogP contribution is -2.58. The lowest BCUT2D eigenvalue weighted by atomic mass is 9.64. The fraction of sp³-hybridized carbons (Fsp3) is 0.647. The van der Waals surface area contributed by atoms with Crippen LogP contribution in [0, 0.1) is 24.1 Å². The highest BCUT2D eigenvalue weighted by Crippen LogP contribution is 2.44. The Hall–Kier alpha value is -1.09. The van der Waals surface area contributed by atoms with Crippen LogP contribution in [-0.4, -0.2) is 18.8 Å². The van der Waals surface area contributed by atoms with Crippen LogP contribution in [-0.2, 0) is 4.74 Å². The van der Waals surface area contributed by atoms with Gasteiger partial charge in [0.1, 0.15) is 5.82 Å². The van der Waals surface area contributed by atoms with Crippen LogP contribution in [0.5, 0.6) is 0 Å². The van der Waals surface area contributed by atoms with Gasteiger partial charge in [-0.2, -0.15) is 0 Å². The van der Waals surface area contributed by atoms with Gasteiger partial charge in [-0.3, -0.25) is 0 Å². The van der Waals surface area contributed by atoms with Gasteiger partial charge in [0, 0.05) is 18.1 Å². The molecule has 0 saturated heterocycles. The van der Waals surface area contributed by atoms with Gasteiger partial charge in [-0.15, -0.1) is 0 Å². The van der Waals surface area contributed by atoms with Crippen LogP contribution < -0.4 is 5.32 Å². The molecule has 0 aliphatic heterocycles. The Morgan fingerprint density at radius 3 is 2.65 bits per heavy atom. The van der Waals surface area contributed by atoms with Crippen molar-refractivity contribution in [1.82, 2.24) is 0 Å². The molecule has 2 rings (SSSR count). The van der Waals surface area contributed by atoms with Crippen LogP contribution in [0.4, 0.5) is 10.1 Å². The Kier molecular flexibility index (Phi) is 4.38. The maximum atomic E-state index is 13.9. The first-order chi connectivity index (χ1) is 9.30. The number of benzene rings is 1. The Labute approximate surface area is 121 Å². The lowest BCUT2D eigenvalue weighted by molar-refractivity contribution is -0.108. The van der Waals surface area contributed by atoms with Crippen molar-refractivity contribution in [1.29, 1.82) is 0 Å². The molecule has 1 aliphatic carbocycles. The summed E-state index contributed by atoms with van der Waals surface area (Å²) in [5.41, 5.74) is 1.57. The second-order valence-electron chi connectivity index (χ2n) is 6.95. The summed E-state index contributed by atoms with van der Waals surface area (Å²) < 4.78 is 19.8. The predicted octanol–water partition coefficient (Wildman–Crippen LogP) is 4.39. The van der Waals surface area contributed by atoms with Gasteiger partial charge in [0.25, 0.3) is 0 Å². The number of halogens is 1. The highest BCUT2D eigenvalue weighted by Gasteiger charge is 2.49. The molecule has 1 saturated carbocycles. The number of ether oxygens (including phenoxy) is 1. The number of hydrogen-bond donors (Lipinski definition) is 1. The van der Waals surface area contributed by atoms with Crippen molar-refractivity contribution in [2.45, 2.75) is 53.2 Å². The summed E-state index contributed by atoms with van der Waals surface area (Å²) in [5.74, 6) is 0.375. The summed E-state index contributed by atoms with van der Waals surface area (Å²) in [6.45, 7) is 11.4. The molecule has 1 aliphatic rings. The van der Waals surface area contributed by atoms with Crippen LogP contribution in [0.3, 0.4) is 0 Å². The fourth-order valence-corrected chi connectivity index (χ4v) is 2.65. The molecule has 20 heavy (non-hydrogen) atoms. The SMILES string of the molecule is Cc1ccc(NC2CC(OCC(C)C)C2(C)C)c(F)c1. The highest BCUT2D eigenvalue weighted by atomic mass is 19.1. The number of anilines is 1. The quantitative estimate of drug-likeness (QED) is 0.863. The van der Waals surface area contributed by atoms with Crippen LogP contribution >= 0.6 is 0 Å². The fourth-order valence-electron chi connectivity index (χ4n) is 2.65. The zero-order valence-corrected chi connectivity index (χ0v) is 13.2. The van der Waals surface area contributed by atoms with Gasteiger partial charge in [-0.1, -0.05) is 33.8 Å². The van der Waals surface area contributed by atoms with Crippen molar-refractivity contribution in [2.75, 3.05) is 11.9 Å². The third kappa shape index (κ3) is 3.14. The standard InChI is InChI=1S/C17H26FNO/c1-11(2)10-20-16-9-15(17(16,4)5)19-14-7-6-12(3)8-13(14)18/h6-8,11,15-16,19H,9-10H2,1-5H3. The molecule has 0 heterocycles. The van der Waals surface area contributed by atoms with Gasteiger partial charge < -0.3 is 10.1 Å². The van der Waals surface area contributed by atoms with E-state index in [-0.39, 0.29) is 23.4 Å². The summed E-state index contributed by atoms with van der Waals surface area (Å²) in [5, 5.41) is 3.33. The van der Waals surface area contributed by atoms with Crippen molar-refractivity contribution >= 4 is 5.69 Å². The molecule has 3 heteroatoms. The van der Waals surface area contributed by atoms with E-state index < -0.39 is 0 Å². The maximum absolute atomic E-state index is 13.9. The average Bonchev–Trinajstić information content (AvgIpc) is 2.34. The third-order valence-electron chi connectivity index (χ3n) is 4.26. The maximum Gasteiger partial charge on any atom is 0.146 e. The van der Waals surface area contributed by atoms with Gasteiger partial charge in [0.05, 0.1) is 11.8 Å². The van der Waals surface area contributed by atoms with Gasteiger partial charge in [0.15, 0.2) is 0 Å². The zero-order valence-electron chi connectivity index (χ0n) is 13.2. The average molecular weight is 279 g/mol. The molecule has 0 bridgehead atoms. The van der Waals surface area contributed by atoms with E-state index in [1.807, 2.05) is 19.1 Å². The minimum absolute atomic E-state index is 0.0339. The number of hydrogen-bond acceptors (Lipinski definition) is 2. The number of rotatable bonds is 5.